The predicted octanol–water partition coefficient (Wildman–Crippen LogP) is 5.71. The average Bonchev–Trinajstić information content (AvgIpc) is 3.77. The highest BCUT2D eigenvalue weighted by Crippen LogP contribution is 2.44. The maximum absolute atomic E-state index is 13.6. The van der Waals surface area contributed by atoms with Crippen LogP contribution in [0.4, 0.5) is 0 Å². The van der Waals surface area contributed by atoms with E-state index in [9.17, 15) is 13.2 Å². The van der Waals surface area contributed by atoms with Crippen molar-refractivity contribution < 1.29 is 17.9 Å². The number of aromatic nitrogens is 1. The minimum atomic E-state index is -4.08. The zero-order chi connectivity index (χ0) is 25.6. The number of nitrogens with zero attached hydrogens (tertiary/aromatic N) is 1. The number of methoxy groups -OCH3 is 1. The highest BCUT2D eigenvalue weighted by molar-refractivity contribution is 7.90. The van der Waals surface area contributed by atoms with Crippen LogP contribution in [-0.4, -0.2) is 26.4 Å². The number of pyridine rings is 1. The van der Waals surface area contributed by atoms with E-state index in [0.29, 0.717) is 23.5 Å². The number of benzene rings is 3. The van der Waals surface area contributed by atoms with Gasteiger partial charge in [-0.3, -0.25) is 9.78 Å². The summed E-state index contributed by atoms with van der Waals surface area (Å²) in [6, 6.07) is 20.4. The number of rotatable bonds is 6. The number of carbonyl (C=O) groups excluding carboxylic acids is 1. The third kappa shape index (κ3) is 4.37. The maximum atomic E-state index is 13.6. The van der Waals surface area contributed by atoms with Crippen molar-refractivity contribution in [2.24, 2.45) is 0 Å². The second kappa shape index (κ2) is 9.30. The smallest absolute Gasteiger partial charge is 0.264 e. The summed E-state index contributed by atoms with van der Waals surface area (Å²) in [6.07, 6.45) is 6.40. The highest BCUT2D eigenvalue weighted by atomic mass is 32.2. The topological polar surface area (TPSA) is 85.4 Å². The molecule has 0 aliphatic heterocycles. The van der Waals surface area contributed by atoms with Gasteiger partial charge in [-0.1, -0.05) is 48.5 Å². The molecule has 1 saturated carbocycles. The number of amides is 1. The zero-order valence-corrected chi connectivity index (χ0v) is 21.4. The summed E-state index contributed by atoms with van der Waals surface area (Å²) in [4.78, 5) is 18.3. The molecule has 7 heteroatoms. The number of hydrogen-bond donors (Lipinski definition) is 1. The van der Waals surface area contributed by atoms with Gasteiger partial charge in [0.2, 0.25) is 5.91 Å². The van der Waals surface area contributed by atoms with E-state index in [1.807, 2.05) is 36.5 Å². The fourth-order valence-electron chi connectivity index (χ4n) is 5.51. The largest absolute Gasteiger partial charge is 0.496 e. The number of ether oxygens (including phenoxy) is 1. The van der Waals surface area contributed by atoms with Gasteiger partial charge in [0.15, 0.2) is 0 Å². The Hall–Kier alpha value is -3.71. The van der Waals surface area contributed by atoms with Gasteiger partial charge in [0, 0.05) is 34.3 Å². The first-order valence-electron chi connectivity index (χ1n) is 12.7. The number of nitrogens with one attached hydrogen (secondary N) is 1. The van der Waals surface area contributed by atoms with Crippen LogP contribution in [0.1, 0.15) is 54.3 Å². The lowest BCUT2D eigenvalue weighted by atomic mass is 9.78. The van der Waals surface area contributed by atoms with Crippen LogP contribution in [0.25, 0.3) is 21.9 Å². The molecule has 188 valence electrons. The van der Waals surface area contributed by atoms with Gasteiger partial charge < -0.3 is 4.74 Å². The molecule has 6 nitrogen and oxygen atoms in total. The first kappa shape index (κ1) is 23.7. The van der Waals surface area contributed by atoms with Crippen molar-refractivity contribution in [3.63, 3.8) is 0 Å². The van der Waals surface area contributed by atoms with Crippen molar-refractivity contribution in [2.45, 2.75) is 48.8 Å². The fourth-order valence-corrected chi connectivity index (χ4v) is 6.76. The van der Waals surface area contributed by atoms with E-state index >= 15 is 0 Å². The number of hydrogen-bond acceptors (Lipinski definition) is 5. The van der Waals surface area contributed by atoms with Gasteiger partial charge in [-0.15, -0.1) is 0 Å². The average molecular weight is 513 g/mol. The molecule has 0 spiro atoms. The lowest BCUT2D eigenvalue weighted by molar-refractivity contribution is -0.121. The Morgan fingerprint density at radius 1 is 0.973 bits per heavy atom. The van der Waals surface area contributed by atoms with E-state index in [2.05, 4.69) is 21.8 Å². The van der Waals surface area contributed by atoms with E-state index in [1.165, 1.54) is 18.9 Å². The Balaban J connectivity index is 1.36. The summed E-state index contributed by atoms with van der Waals surface area (Å²) in [7, 11) is -2.50. The normalized spacial score (nSPS) is 17.3. The fraction of sp³-hybridized carbons (Fsp3) is 0.267. The Morgan fingerprint density at radius 2 is 1.78 bits per heavy atom. The molecule has 1 N–H and O–H groups in total. The van der Waals surface area contributed by atoms with Crippen LogP contribution in [0.5, 0.6) is 5.75 Å². The highest BCUT2D eigenvalue weighted by Gasteiger charge is 2.34. The molecular weight excluding hydrogens is 484 g/mol. The van der Waals surface area contributed by atoms with Gasteiger partial charge in [-0.05, 0) is 66.8 Å². The van der Waals surface area contributed by atoms with Gasteiger partial charge in [-0.2, -0.15) is 0 Å². The molecule has 3 aromatic carbocycles. The van der Waals surface area contributed by atoms with Gasteiger partial charge in [0.05, 0.1) is 17.9 Å². The molecule has 6 rings (SSSR count). The van der Waals surface area contributed by atoms with E-state index in [-0.39, 0.29) is 4.90 Å². The molecule has 1 amide bonds. The second-order valence-electron chi connectivity index (χ2n) is 9.85. The monoisotopic (exact) mass is 512 g/mol. The van der Waals surface area contributed by atoms with Crippen molar-refractivity contribution in [3.8, 4) is 16.9 Å². The molecule has 1 atom stereocenters. The van der Waals surface area contributed by atoms with Crippen LogP contribution in [0.3, 0.4) is 0 Å². The molecule has 2 aliphatic rings. The first-order valence-corrected chi connectivity index (χ1v) is 14.1. The lowest BCUT2D eigenvalue weighted by Crippen LogP contribution is -2.36. The molecule has 0 bridgehead atoms. The minimum absolute atomic E-state index is 0.0949. The van der Waals surface area contributed by atoms with E-state index in [4.69, 9.17) is 4.74 Å². The van der Waals surface area contributed by atoms with Gasteiger partial charge in [0.25, 0.3) is 10.0 Å². The summed E-state index contributed by atoms with van der Waals surface area (Å²) in [5.41, 5.74) is 4.92. The van der Waals surface area contributed by atoms with Crippen molar-refractivity contribution in [3.05, 3.63) is 89.7 Å². The molecule has 37 heavy (non-hydrogen) atoms. The van der Waals surface area contributed by atoms with E-state index < -0.39 is 21.8 Å². The summed E-state index contributed by atoms with van der Waals surface area (Å²) >= 11 is 0. The maximum Gasteiger partial charge on any atom is 0.264 e. The van der Waals surface area contributed by atoms with E-state index in [1.54, 1.807) is 25.3 Å². The Bertz CT molecular complexity index is 1600. The van der Waals surface area contributed by atoms with Gasteiger partial charge in [0.1, 0.15) is 5.75 Å². The first-order chi connectivity index (χ1) is 18.0. The van der Waals surface area contributed by atoms with Crippen LogP contribution < -0.4 is 9.46 Å². The Kier molecular flexibility index (Phi) is 5.95. The van der Waals surface area contributed by atoms with Crippen molar-refractivity contribution in [1.29, 1.82) is 0 Å². The third-order valence-corrected chi connectivity index (χ3v) is 8.89. The predicted molar refractivity (Wildman–Crippen MR) is 143 cm³/mol. The van der Waals surface area contributed by atoms with Gasteiger partial charge in [-0.25, -0.2) is 13.1 Å². The van der Waals surface area contributed by atoms with Crippen LogP contribution in [0.15, 0.2) is 77.8 Å². The number of sulfonamides is 1. The molecule has 0 radical (unpaired) electrons. The summed E-state index contributed by atoms with van der Waals surface area (Å²) < 4.78 is 34.8. The SMILES string of the molecule is COc1ccc(-c2ccc(C3CC3)nc2)c2c1C(C(=O)NS(=O)(=O)c1cccc3ccccc13)CCC2. The Morgan fingerprint density at radius 3 is 2.54 bits per heavy atom. The molecule has 1 heterocycles. The van der Waals surface area contributed by atoms with Crippen molar-refractivity contribution in [1.82, 2.24) is 9.71 Å². The minimum Gasteiger partial charge on any atom is -0.496 e. The van der Waals surface area contributed by atoms with Crippen LogP contribution >= 0.6 is 0 Å². The lowest BCUT2D eigenvalue weighted by Gasteiger charge is -2.28. The Labute approximate surface area is 216 Å². The second-order valence-corrected chi connectivity index (χ2v) is 11.5. The third-order valence-electron chi connectivity index (χ3n) is 7.49. The standard InChI is InChI=1S/C30H28N2O4S/c1-36-27-17-15-22(21-14-16-26(31-18-21)20-12-13-20)24-9-5-10-25(29(24)27)30(33)32-37(34,35)28-11-4-7-19-6-2-3-8-23(19)28/h2-4,6-8,11,14-18,20,25H,5,9-10,12-13H2,1H3,(H,32,33). The van der Waals surface area contributed by atoms with Crippen molar-refractivity contribution >= 4 is 26.7 Å². The summed E-state index contributed by atoms with van der Waals surface area (Å²) in [5.74, 6) is 0.00736. The molecule has 0 saturated heterocycles. The molecule has 4 aromatic rings. The van der Waals surface area contributed by atoms with Crippen LogP contribution in [0.2, 0.25) is 0 Å². The van der Waals surface area contributed by atoms with Crippen LogP contribution in [0, 0.1) is 0 Å². The summed E-state index contributed by atoms with van der Waals surface area (Å²) in [5, 5.41) is 1.38. The zero-order valence-electron chi connectivity index (χ0n) is 20.6. The van der Waals surface area contributed by atoms with E-state index in [0.717, 1.165) is 46.2 Å². The molecular formula is C30H28N2O4S. The number of carbonyl (C=O) groups is 1. The molecule has 1 aromatic heterocycles. The van der Waals surface area contributed by atoms with Gasteiger partial charge >= 0.3 is 0 Å². The van der Waals surface area contributed by atoms with Crippen LogP contribution in [-0.2, 0) is 21.2 Å². The summed E-state index contributed by atoms with van der Waals surface area (Å²) in [6.45, 7) is 0. The van der Waals surface area contributed by atoms with Crippen molar-refractivity contribution in [2.75, 3.05) is 7.11 Å². The quantitative estimate of drug-likeness (QED) is 0.358. The molecule has 2 aliphatic carbocycles. The number of fused-ring (bicyclic) bond motifs is 2. The molecule has 1 unspecified atom stereocenters. The molecule has 1 fully saturated rings.